The summed E-state index contributed by atoms with van der Waals surface area (Å²) < 4.78 is 0. The Bertz CT molecular complexity index is 517. The molecular weight excluding hydrogens is 274 g/mol. The second kappa shape index (κ2) is 5.98. The second-order valence-electron chi connectivity index (χ2n) is 5.16. The molecule has 0 aliphatic heterocycles. The highest BCUT2D eigenvalue weighted by Gasteiger charge is 2.27. The first kappa shape index (κ1) is 13.0. The lowest BCUT2D eigenvalue weighted by Crippen LogP contribution is -2.18. The Morgan fingerprint density at radius 2 is 1.89 bits per heavy atom. The summed E-state index contributed by atoms with van der Waals surface area (Å²) in [5.74, 6) is 0.731. The van der Waals surface area contributed by atoms with Crippen LogP contribution >= 0.6 is 22.9 Å². The minimum Gasteiger partial charge on any atom is -0.376 e. The van der Waals surface area contributed by atoms with E-state index in [9.17, 15) is 0 Å². The molecule has 3 heteroatoms. The first-order valence-electron chi connectivity index (χ1n) is 6.89. The van der Waals surface area contributed by atoms with Gasteiger partial charge in [-0.05, 0) is 42.3 Å². The maximum atomic E-state index is 6.28. The number of thiophene rings is 1. The molecule has 1 atom stereocenters. The van der Waals surface area contributed by atoms with Gasteiger partial charge in [0.05, 0.1) is 16.8 Å². The summed E-state index contributed by atoms with van der Waals surface area (Å²) in [4.78, 5) is 1.42. The van der Waals surface area contributed by atoms with Crippen molar-refractivity contribution >= 4 is 28.6 Å². The first-order chi connectivity index (χ1) is 9.34. The van der Waals surface area contributed by atoms with Crippen LogP contribution in [0.5, 0.6) is 0 Å². The van der Waals surface area contributed by atoms with Crippen LogP contribution in [0.25, 0.3) is 0 Å². The fourth-order valence-corrected chi connectivity index (χ4v) is 3.99. The van der Waals surface area contributed by atoms with Gasteiger partial charge >= 0.3 is 0 Å². The fraction of sp³-hybridized carbons (Fsp3) is 0.375. The van der Waals surface area contributed by atoms with Gasteiger partial charge in [-0.15, -0.1) is 11.3 Å². The third-order valence-corrected chi connectivity index (χ3v) is 5.19. The molecule has 0 spiro atoms. The van der Waals surface area contributed by atoms with E-state index in [2.05, 4.69) is 28.9 Å². The van der Waals surface area contributed by atoms with Gasteiger partial charge in [0.25, 0.3) is 0 Å². The number of nitrogens with one attached hydrogen (secondary N) is 1. The van der Waals surface area contributed by atoms with Crippen molar-refractivity contribution in [2.45, 2.75) is 31.7 Å². The molecule has 1 unspecified atom stereocenters. The quantitative estimate of drug-likeness (QED) is 0.757. The van der Waals surface area contributed by atoms with Gasteiger partial charge in [0.2, 0.25) is 0 Å². The zero-order valence-corrected chi connectivity index (χ0v) is 12.4. The minimum atomic E-state index is 0.405. The standard InChI is InChI=1S/C16H18ClNS/c17-13-8-3-4-9-14(13)18-16(12-6-1-2-7-12)15-10-5-11-19-15/h3-5,8-12,16,18H,1-2,6-7H2. The number of hydrogen-bond acceptors (Lipinski definition) is 2. The van der Waals surface area contributed by atoms with E-state index < -0.39 is 0 Å². The zero-order valence-electron chi connectivity index (χ0n) is 10.8. The van der Waals surface area contributed by atoms with E-state index in [1.54, 1.807) is 0 Å². The summed E-state index contributed by atoms with van der Waals surface area (Å²) in [6, 6.07) is 12.8. The van der Waals surface area contributed by atoms with Gasteiger partial charge in [-0.2, -0.15) is 0 Å². The van der Waals surface area contributed by atoms with E-state index in [0.29, 0.717) is 6.04 Å². The van der Waals surface area contributed by atoms with Gasteiger partial charge in [0.15, 0.2) is 0 Å². The Morgan fingerprint density at radius 1 is 1.11 bits per heavy atom. The largest absolute Gasteiger partial charge is 0.376 e. The average molecular weight is 292 g/mol. The third kappa shape index (κ3) is 2.96. The van der Waals surface area contributed by atoms with Gasteiger partial charge in [0.1, 0.15) is 0 Å². The Kier molecular flexibility index (Phi) is 4.09. The fourth-order valence-electron chi connectivity index (χ4n) is 2.93. The van der Waals surface area contributed by atoms with E-state index in [1.807, 2.05) is 29.5 Å². The molecule has 3 rings (SSSR count). The maximum Gasteiger partial charge on any atom is 0.0637 e. The first-order valence-corrected chi connectivity index (χ1v) is 8.15. The number of anilines is 1. The lowest BCUT2D eigenvalue weighted by molar-refractivity contribution is 0.475. The molecule has 1 nitrogen and oxygen atoms in total. The summed E-state index contributed by atoms with van der Waals surface area (Å²) in [6.07, 6.45) is 5.35. The number of benzene rings is 1. The SMILES string of the molecule is Clc1ccccc1NC(c1cccs1)C1CCCC1. The van der Waals surface area contributed by atoms with Crippen molar-refractivity contribution < 1.29 is 0 Å². The molecule has 1 aliphatic carbocycles. The molecule has 1 fully saturated rings. The summed E-state index contributed by atoms with van der Waals surface area (Å²) in [5, 5.41) is 6.64. The van der Waals surface area contributed by atoms with Crippen molar-refractivity contribution in [2.75, 3.05) is 5.32 Å². The monoisotopic (exact) mass is 291 g/mol. The Morgan fingerprint density at radius 3 is 2.58 bits per heavy atom. The predicted molar refractivity (Wildman–Crippen MR) is 84.1 cm³/mol. The van der Waals surface area contributed by atoms with Crippen molar-refractivity contribution in [3.8, 4) is 0 Å². The molecular formula is C16H18ClNS. The lowest BCUT2D eigenvalue weighted by atomic mass is 9.96. The van der Waals surface area contributed by atoms with Crippen LogP contribution in [0.4, 0.5) is 5.69 Å². The minimum absolute atomic E-state index is 0.405. The number of halogens is 1. The van der Waals surface area contributed by atoms with E-state index in [4.69, 9.17) is 11.6 Å². The van der Waals surface area contributed by atoms with E-state index in [1.165, 1.54) is 30.6 Å². The van der Waals surface area contributed by atoms with Crippen LogP contribution in [0, 0.1) is 5.92 Å². The molecule has 100 valence electrons. The Balaban J connectivity index is 1.85. The van der Waals surface area contributed by atoms with E-state index >= 15 is 0 Å². The van der Waals surface area contributed by atoms with Crippen molar-refractivity contribution in [3.05, 3.63) is 51.7 Å². The molecule has 0 bridgehead atoms. The predicted octanol–water partition coefficient (Wildman–Crippen LogP) is 5.74. The number of rotatable bonds is 4. The highest BCUT2D eigenvalue weighted by molar-refractivity contribution is 7.10. The molecule has 1 aromatic carbocycles. The number of para-hydroxylation sites is 1. The van der Waals surface area contributed by atoms with E-state index in [0.717, 1.165) is 16.6 Å². The molecule has 1 aromatic heterocycles. The van der Waals surface area contributed by atoms with Gasteiger partial charge in [-0.1, -0.05) is 42.6 Å². The lowest BCUT2D eigenvalue weighted by Gasteiger charge is -2.25. The summed E-state index contributed by atoms with van der Waals surface area (Å²) >= 11 is 8.11. The zero-order chi connectivity index (χ0) is 13.1. The van der Waals surface area contributed by atoms with Crippen LogP contribution in [-0.2, 0) is 0 Å². The number of hydrogen-bond donors (Lipinski definition) is 1. The molecule has 1 aliphatic rings. The van der Waals surface area contributed by atoms with Crippen molar-refractivity contribution in [3.63, 3.8) is 0 Å². The van der Waals surface area contributed by atoms with Crippen LogP contribution in [0.3, 0.4) is 0 Å². The smallest absolute Gasteiger partial charge is 0.0637 e. The van der Waals surface area contributed by atoms with Crippen molar-refractivity contribution in [1.82, 2.24) is 0 Å². The average Bonchev–Trinajstić information content (AvgIpc) is 3.11. The van der Waals surface area contributed by atoms with Crippen LogP contribution in [0.1, 0.15) is 36.6 Å². The highest BCUT2D eigenvalue weighted by Crippen LogP contribution is 2.40. The Labute approximate surface area is 123 Å². The van der Waals surface area contributed by atoms with Gasteiger partial charge in [-0.3, -0.25) is 0 Å². The second-order valence-corrected chi connectivity index (χ2v) is 6.55. The van der Waals surface area contributed by atoms with Crippen molar-refractivity contribution in [2.24, 2.45) is 5.92 Å². The molecule has 1 N–H and O–H groups in total. The molecule has 0 saturated heterocycles. The molecule has 1 saturated carbocycles. The maximum absolute atomic E-state index is 6.28. The van der Waals surface area contributed by atoms with Gasteiger partial charge in [0, 0.05) is 4.88 Å². The van der Waals surface area contributed by atoms with Crippen LogP contribution in [0.2, 0.25) is 5.02 Å². The van der Waals surface area contributed by atoms with Crippen LogP contribution in [-0.4, -0.2) is 0 Å². The molecule has 0 amide bonds. The van der Waals surface area contributed by atoms with Crippen LogP contribution in [0.15, 0.2) is 41.8 Å². The van der Waals surface area contributed by atoms with Gasteiger partial charge < -0.3 is 5.32 Å². The molecule has 19 heavy (non-hydrogen) atoms. The molecule has 1 heterocycles. The summed E-state index contributed by atoms with van der Waals surface area (Å²) in [7, 11) is 0. The Hall–Kier alpha value is -0.990. The summed E-state index contributed by atoms with van der Waals surface area (Å²) in [6.45, 7) is 0. The van der Waals surface area contributed by atoms with Crippen LogP contribution < -0.4 is 5.32 Å². The van der Waals surface area contributed by atoms with E-state index in [-0.39, 0.29) is 0 Å². The molecule has 0 radical (unpaired) electrons. The van der Waals surface area contributed by atoms with Gasteiger partial charge in [-0.25, -0.2) is 0 Å². The van der Waals surface area contributed by atoms with Crippen molar-refractivity contribution in [1.29, 1.82) is 0 Å². The summed E-state index contributed by atoms with van der Waals surface area (Å²) in [5.41, 5.74) is 1.05. The molecule has 2 aromatic rings. The normalized spacial score (nSPS) is 17.5. The third-order valence-electron chi connectivity index (χ3n) is 3.91. The highest BCUT2D eigenvalue weighted by atomic mass is 35.5. The topological polar surface area (TPSA) is 12.0 Å².